The van der Waals surface area contributed by atoms with E-state index < -0.39 is 16.0 Å². The number of anilines is 2. The number of aryl methyl sites for hydroxylation is 2. The minimum Gasteiger partial charge on any atom is -0.478 e. The molecule has 0 aliphatic carbocycles. The summed E-state index contributed by atoms with van der Waals surface area (Å²) >= 11 is 0. The van der Waals surface area contributed by atoms with E-state index in [1.165, 1.54) is 12.3 Å². The van der Waals surface area contributed by atoms with Gasteiger partial charge in [0.15, 0.2) is 5.82 Å². The van der Waals surface area contributed by atoms with Crippen molar-refractivity contribution in [3.63, 3.8) is 0 Å². The van der Waals surface area contributed by atoms with E-state index in [1.807, 2.05) is 50.2 Å². The van der Waals surface area contributed by atoms with Crippen molar-refractivity contribution in [3.05, 3.63) is 83.0 Å². The molecule has 0 radical (unpaired) electrons. The third-order valence-electron chi connectivity index (χ3n) is 4.49. The zero-order chi connectivity index (χ0) is 21.9. The van der Waals surface area contributed by atoms with Crippen molar-refractivity contribution >= 4 is 27.5 Å². The van der Waals surface area contributed by atoms with Crippen LogP contribution < -0.4 is 9.62 Å². The van der Waals surface area contributed by atoms with E-state index >= 15 is 0 Å². The number of sulfonamides is 1. The second-order valence-electron chi connectivity index (χ2n) is 7.17. The fraction of sp³-hybridized carbons (Fsp3) is 0.182. The topological polar surface area (TPSA) is 99.6 Å². The van der Waals surface area contributed by atoms with Gasteiger partial charge >= 0.3 is 5.97 Å². The van der Waals surface area contributed by atoms with E-state index in [0.717, 1.165) is 16.7 Å². The Morgan fingerprint density at radius 1 is 1.07 bits per heavy atom. The number of carboxylic acid groups (broad SMARTS) is 1. The number of aromatic nitrogens is 1. The van der Waals surface area contributed by atoms with Crippen LogP contribution in [0.3, 0.4) is 0 Å². The number of hydrogen-bond acceptors (Lipinski definition) is 5. The summed E-state index contributed by atoms with van der Waals surface area (Å²) in [7, 11) is -2.17. The third kappa shape index (κ3) is 4.96. The highest BCUT2D eigenvalue weighted by Gasteiger charge is 2.21. The molecule has 0 bridgehead atoms. The number of rotatable bonds is 7. The Balaban J connectivity index is 2.01. The highest BCUT2D eigenvalue weighted by atomic mass is 32.2. The van der Waals surface area contributed by atoms with Crippen molar-refractivity contribution in [2.75, 3.05) is 16.7 Å². The van der Waals surface area contributed by atoms with Crippen molar-refractivity contribution in [2.24, 2.45) is 0 Å². The average molecular weight is 426 g/mol. The first-order valence-corrected chi connectivity index (χ1v) is 10.7. The quantitative estimate of drug-likeness (QED) is 0.597. The molecule has 0 saturated carbocycles. The van der Waals surface area contributed by atoms with Gasteiger partial charge < -0.3 is 10.0 Å². The number of hydrogen-bond donors (Lipinski definition) is 2. The first-order valence-electron chi connectivity index (χ1n) is 9.25. The third-order valence-corrected chi connectivity index (χ3v) is 5.83. The summed E-state index contributed by atoms with van der Waals surface area (Å²) in [6.07, 6.45) is 1.22. The number of nitrogens with one attached hydrogen (secondary N) is 1. The molecule has 0 spiro atoms. The van der Waals surface area contributed by atoms with Crippen LogP contribution in [0.15, 0.2) is 65.7 Å². The summed E-state index contributed by atoms with van der Waals surface area (Å²) in [6, 6.07) is 15.9. The Morgan fingerprint density at radius 3 is 2.30 bits per heavy atom. The predicted molar refractivity (Wildman–Crippen MR) is 116 cm³/mol. The molecule has 3 aromatic rings. The summed E-state index contributed by atoms with van der Waals surface area (Å²) < 4.78 is 28.6. The minimum absolute atomic E-state index is 0.104. The van der Waals surface area contributed by atoms with E-state index in [1.54, 1.807) is 24.1 Å². The van der Waals surface area contributed by atoms with Gasteiger partial charge in [0.1, 0.15) is 0 Å². The molecule has 0 saturated heterocycles. The van der Waals surface area contributed by atoms with E-state index in [0.29, 0.717) is 12.4 Å². The smallest absolute Gasteiger partial charge is 0.337 e. The molecule has 0 aliphatic heterocycles. The maximum absolute atomic E-state index is 13.0. The zero-order valence-electron chi connectivity index (χ0n) is 17.0. The van der Waals surface area contributed by atoms with Gasteiger partial charge in [-0.1, -0.05) is 36.4 Å². The number of carboxylic acids is 1. The normalized spacial score (nSPS) is 11.2. The van der Waals surface area contributed by atoms with Gasteiger partial charge in [0, 0.05) is 19.8 Å². The maximum atomic E-state index is 13.0. The van der Waals surface area contributed by atoms with Crippen LogP contribution in [0.25, 0.3) is 0 Å². The molecule has 3 rings (SSSR count). The fourth-order valence-corrected chi connectivity index (χ4v) is 4.42. The molecule has 7 nitrogen and oxygen atoms in total. The summed E-state index contributed by atoms with van der Waals surface area (Å²) in [5, 5.41) is 9.33. The Bertz CT molecular complexity index is 1160. The van der Waals surface area contributed by atoms with Crippen molar-refractivity contribution in [1.29, 1.82) is 0 Å². The molecule has 1 aromatic heterocycles. The van der Waals surface area contributed by atoms with Crippen LogP contribution in [0.1, 0.15) is 27.0 Å². The lowest BCUT2D eigenvalue weighted by Crippen LogP contribution is -2.22. The lowest BCUT2D eigenvalue weighted by Gasteiger charge is -2.22. The lowest BCUT2D eigenvalue weighted by atomic mass is 10.2. The number of pyridine rings is 1. The fourth-order valence-electron chi connectivity index (χ4n) is 3.18. The molecule has 0 unspecified atom stereocenters. The summed E-state index contributed by atoms with van der Waals surface area (Å²) in [4.78, 5) is 17.5. The zero-order valence-corrected chi connectivity index (χ0v) is 17.8. The monoisotopic (exact) mass is 425 g/mol. The highest BCUT2D eigenvalue weighted by molar-refractivity contribution is 7.92. The number of nitrogens with zero attached hydrogens (tertiary/aromatic N) is 2. The van der Waals surface area contributed by atoms with Gasteiger partial charge in [0.2, 0.25) is 0 Å². The van der Waals surface area contributed by atoms with Gasteiger partial charge in [-0.25, -0.2) is 18.2 Å². The largest absolute Gasteiger partial charge is 0.478 e. The van der Waals surface area contributed by atoms with Gasteiger partial charge in [-0.05, 0) is 48.7 Å². The number of benzene rings is 2. The van der Waals surface area contributed by atoms with Crippen molar-refractivity contribution in [1.82, 2.24) is 4.98 Å². The first kappa shape index (κ1) is 21.3. The highest BCUT2D eigenvalue weighted by Crippen LogP contribution is 2.28. The van der Waals surface area contributed by atoms with Crippen LogP contribution in [-0.2, 0) is 16.6 Å². The van der Waals surface area contributed by atoms with Crippen LogP contribution >= 0.6 is 0 Å². The van der Waals surface area contributed by atoms with Gasteiger partial charge in [-0.2, -0.15) is 0 Å². The van der Waals surface area contributed by atoms with Crippen molar-refractivity contribution < 1.29 is 18.3 Å². The van der Waals surface area contributed by atoms with Crippen LogP contribution in [0.2, 0.25) is 0 Å². The van der Waals surface area contributed by atoms with Crippen molar-refractivity contribution in [2.45, 2.75) is 25.3 Å². The molecule has 0 atom stereocenters. The Labute approximate surface area is 176 Å². The second kappa shape index (κ2) is 8.54. The van der Waals surface area contributed by atoms with Crippen molar-refractivity contribution in [3.8, 4) is 0 Å². The lowest BCUT2D eigenvalue weighted by molar-refractivity contribution is 0.0696. The SMILES string of the molecule is Cc1cc(C)cc(S(=O)(=O)Nc2cc(C(=O)O)cnc2N(C)Cc2ccccc2)c1. The maximum Gasteiger partial charge on any atom is 0.337 e. The molecule has 8 heteroatoms. The van der Waals surface area contributed by atoms with Crippen LogP contribution in [0.4, 0.5) is 11.5 Å². The summed E-state index contributed by atoms with van der Waals surface area (Å²) in [6.45, 7) is 4.11. The molecule has 0 fully saturated rings. The number of aromatic carboxylic acids is 1. The van der Waals surface area contributed by atoms with Crippen LogP contribution in [0.5, 0.6) is 0 Å². The summed E-state index contributed by atoms with van der Waals surface area (Å²) in [5.74, 6) is -0.858. The van der Waals surface area contributed by atoms with E-state index in [2.05, 4.69) is 9.71 Å². The molecule has 0 aliphatic rings. The molecule has 1 heterocycles. The minimum atomic E-state index is -3.94. The van der Waals surface area contributed by atoms with E-state index in [4.69, 9.17) is 0 Å². The first-order chi connectivity index (χ1) is 14.2. The van der Waals surface area contributed by atoms with E-state index in [-0.39, 0.29) is 16.1 Å². The molecule has 0 amide bonds. The Morgan fingerprint density at radius 2 is 1.70 bits per heavy atom. The molecule has 2 aromatic carbocycles. The second-order valence-corrected chi connectivity index (χ2v) is 8.85. The van der Waals surface area contributed by atoms with Crippen LogP contribution in [-0.4, -0.2) is 31.5 Å². The predicted octanol–water partition coefficient (Wildman–Crippen LogP) is 3.83. The molecular weight excluding hydrogens is 402 g/mol. The Kier molecular flexibility index (Phi) is 6.07. The molecule has 156 valence electrons. The van der Waals surface area contributed by atoms with Gasteiger partial charge in [-0.15, -0.1) is 0 Å². The molecule has 2 N–H and O–H groups in total. The molecule has 30 heavy (non-hydrogen) atoms. The molecular formula is C22H23N3O4S. The van der Waals surface area contributed by atoms with Gasteiger partial charge in [-0.3, -0.25) is 4.72 Å². The standard InChI is InChI=1S/C22H23N3O4S/c1-15-9-16(2)11-19(10-15)30(28,29)24-20-12-18(22(26)27)13-23-21(20)25(3)14-17-7-5-4-6-8-17/h4-13,24H,14H2,1-3H3,(H,26,27). The van der Waals surface area contributed by atoms with Crippen LogP contribution in [0, 0.1) is 13.8 Å². The Hall–Kier alpha value is -3.39. The summed E-state index contributed by atoms with van der Waals surface area (Å²) in [5.41, 5.74) is 2.63. The van der Waals surface area contributed by atoms with Gasteiger partial charge in [0.05, 0.1) is 16.1 Å². The van der Waals surface area contributed by atoms with E-state index in [9.17, 15) is 18.3 Å². The van der Waals surface area contributed by atoms with Gasteiger partial charge in [0.25, 0.3) is 10.0 Å². The number of carbonyl (C=O) groups is 1. The average Bonchev–Trinajstić information content (AvgIpc) is 2.67.